The Hall–Kier alpha value is -1.61. The normalized spacial score (nSPS) is 12.4. The molecule has 0 rings (SSSR count). The van der Waals surface area contributed by atoms with Crippen LogP contribution in [-0.4, -0.2) is 36.0 Å². The molecular formula is C12H16F6O4. The Bertz CT molecular complexity index is 391. The van der Waals surface area contributed by atoms with Crippen molar-refractivity contribution in [2.45, 2.75) is 53.1 Å². The molecule has 4 nitrogen and oxygen atoms in total. The predicted molar refractivity (Wildman–Crippen MR) is 62.8 cm³/mol. The summed E-state index contributed by atoms with van der Waals surface area (Å²) < 4.78 is 71.9. The molecule has 0 amide bonds. The SMILES string of the molecule is CC(C)OC(=O)C(C)(C)C.O=C(C(=O)C(F)(F)F)C(F)(F)F. The number of alkyl halides is 6. The van der Waals surface area contributed by atoms with Gasteiger partial charge in [0, 0.05) is 0 Å². The Morgan fingerprint density at radius 1 is 0.773 bits per heavy atom. The van der Waals surface area contributed by atoms with Gasteiger partial charge in [0.2, 0.25) is 0 Å². The van der Waals surface area contributed by atoms with Crippen molar-refractivity contribution < 1.29 is 45.5 Å². The highest BCUT2D eigenvalue weighted by Crippen LogP contribution is 2.24. The van der Waals surface area contributed by atoms with Crippen molar-refractivity contribution in [3.05, 3.63) is 0 Å². The lowest BCUT2D eigenvalue weighted by Crippen LogP contribution is -2.39. The third-order valence-corrected chi connectivity index (χ3v) is 1.68. The van der Waals surface area contributed by atoms with E-state index in [9.17, 15) is 40.7 Å². The van der Waals surface area contributed by atoms with Crippen LogP contribution in [-0.2, 0) is 19.1 Å². The van der Waals surface area contributed by atoms with E-state index in [0.717, 1.165) is 0 Å². The average Bonchev–Trinajstić information content (AvgIpc) is 2.23. The summed E-state index contributed by atoms with van der Waals surface area (Å²) in [4.78, 5) is 30.3. The quantitative estimate of drug-likeness (QED) is 0.441. The number of ether oxygens (including phenoxy) is 1. The van der Waals surface area contributed by atoms with E-state index in [1.54, 1.807) is 0 Å². The number of carbonyl (C=O) groups excluding carboxylic acids is 3. The van der Waals surface area contributed by atoms with Crippen molar-refractivity contribution in [2.75, 3.05) is 0 Å². The van der Waals surface area contributed by atoms with Crippen LogP contribution in [0, 0.1) is 5.41 Å². The van der Waals surface area contributed by atoms with Crippen LogP contribution >= 0.6 is 0 Å². The number of carbonyl (C=O) groups is 3. The molecule has 0 aliphatic rings. The zero-order valence-corrected chi connectivity index (χ0v) is 12.5. The minimum atomic E-state index is -5.77. The van der Waals surface area contributed by atoms with Crippen molar-refractivity contribution in [2.24, 2.45) is 5.41 Å². The number of hydrogen-bond acceptors (Lipinski definition) is 4. The number of halogens is 6. The van der Waals surface area contributed by atoms with Crippen LogP contribution in [0.25, 0.3) is 0 Å². The molecule has 0 aromatic heterocycles. The minimum absolute atomic E-state index is 0.00766. The first-order valence-electron chi connectivity index (χ1n) is 5.84. The predicted octanol–water partition coefficient (Wildman–Crippen LogP) is 3.23. The Balaban J connectivity index is 0. The van der Waals surface area contributed by atoms with E-state index >= 15 is 0 Å². The fourth-order valence-corrected chi connectivity index (χ4v) is 0.648. The molecule has 130 valence electrons. The van der Waals surface area contributed by atoms with Gasteiger partial charge in [-0.15, -0.1) is 0 Å². The van der Waals surface area contributed by atoms with Gasteiger partial charge >= 0.3 is 29.9 Å². The molecule has 0 saturated heterocycles. The Morgan fingerprint density at radius 3 is 1.14 bits per heavy atom. The standard InChI is InChI=1S/C8H16O2.C4F6O2/c1-6(2)10-7(9)8(3,4)5;5-3(6,7)1(11)2(12)4(8,9)10/h6H,1-5H3;. The fraction of sp³-hybridized carbons (Fsp3) is 0.750. The van der Waals surface area contributed by atoms with E-state index in [-0.39, 0.29) is 17.5 Å². The Kier molecular flexibility index (Phi) is 7.82. The first-order chi connectivity index (χ1) is 9.40. The maximum absolute atomic E-state index is 11.2. The maximum Gasteiger partial charge on any atom is 0.458 e. The number of hydrogen-bond donors (Lipinski definition) is 0. The van der Waals surface area contributed by atoms with Crippen LogP contribution in [0.4, 0.5) is 26.3 Å². The lowest BCUT2D eigenvalue weighted by Gasteiger charge is -2.18. The highest BCUT2D eigenvalue weighted by atomic mass is 19.4. The summed E-state index contributed by atoms with van der Waals surface area (Å²) >= 11 is 0. The van der Waals surface area contributed by atoms with Crippen LogP contribution in [0.3, 0.4) is 0 Å². The van der Waals surface area contributed by atoms with Gasteiger partial charge < -0.3 is 4.74 Å². The number of Topliss-reactive ketones (excluding diaryl/α,β-unsaturated/α-hetero) is 2. The van der Waals surface area contributed by atoms with Crippen LogP contribution in [0.15, 0.2) is 0 Å². The van der Waals surface area contributed by atoms with Crippen molar-refractivity contribution in [1.29, 1.82) is 0 Å². The van der Waals surface area contributed by atoms with Crippen molar-refractivity contribution >= 4 is 17.5 Å². The molecular weight excluding hydrogens is 322 g/mol. The lowest BCUT2D eigenvalue weighted by molar-refractivity contribution is -0.193. The Morgan fingerprint density at radius 2 is 1.05 bits per heavy atom. The summed E-state index contributed by atoms with van der Waals surface area (Å²) in [5.74, 6) is -6.95. The molecule has 0 radical (unpaired) electrons. The van der Waals surface area contributed by atoms with Crippen molar-refractivity contribution in [3.63, 3.8) is 0 Å². The molecule has 0 aliphatic carbocycles. The van der Waals surface area contributed by atoms with Gasteiger partial charge in [-0.2, -0.15) is 26.3 Å². The molecule has 0 fully saturated rings. The number of esters is 1. The van der Waals surface area contributed by atoms with Gasteiger partial charge in [-0.3, -0.25) is 14.4 Å². The summed E-state index contributed by atoms with van der Waals surface area (Å²) in [6.45, 7) is 9.24. The van der Waals surface area contributed by atoms with E-state index in [2.05, 4.69) is 0 Å². The van der Waals surface area contributed by atoms with Gasteiger partial charge in [-0.25, -0.2) is 0 Å². The van der Waals surface area contributed by atoms with Crippen LogP contribution in [0.2, 0.25) is 0 Å². The third-order valence-electron chi connectivity index (χ3n) is 1.68. The van der Waals surface area contributed by atoms with E-state index < -0.39 is 23.9 Å². The van der Waals surface area contributed by atoms with E-state index in [1.807, 2.05) is 34.6 Å². The molecule has 0 aromatic carbocycles. The van der Waals surface area contributed by atoms with Gasteiger partial charge in [0.25, 0.3) is 0 Å². The second-order valence-corrected chi connectivity index (χ2v) is 5.36. The van der Waals surface area contributed by atoms with Crippen molar-refractivity contribution in [3.8, 4) is 0 Å². The summed E-state index contributed by atoms with van der Waals surface area (Å²) in [5, 5.41) is 0. The number of rotatable bonds is 2. The topological polar surface area (TPSA) is 60.4 Å². The lowest BCUT2D eigenvalue weighted by atomic mass is 9.97. The average molecular weight is 338 g/mol. The smallest absolute Gasteiger partial charge is 0.458 e. The molecule has 0 saturated carbocycles. The molecule has 10 heteroatoms. The molecule has 0 atom stereocenters. The molecule has 0 aromatic rings. The summed E-state index contributed by atoms with van der Waals surface area (Å²) in [6, 6.07) is 0. The summed E-state index contributed by atoms with van der Waals surface area (Å²) in [7, 11) is 0. The molecule has 0 heterocycles. The van der Waals surface area contributed by atoms with Crippen molar-refractivity contribution in [1.82, 2.24) is 0 Å². The van der Waals surface area contributed by atoms with Gasteiger partial charge in [-0.1, -0.05) is 0 Å². The van der Waals surface area contributed by atoms with Crippen LogP contribution in [0.1, 0.15) is 34.6 Å². The zero-order chi connectivity index (χ0) is 18.5. The molecule has 0 bridgehead atoms. The molecule has 0 aliphatic heterocycles. The highest BCUT2D eigenvalue weighted by molar-refractivity contribution is 6.41. The molecule has 0 unspecified atom stereocenters. The number of ketones is 2. The van der Waals surface area contributed by atoms with E-state index in [4.69, 9.17) is 4.74 Å². The summed E-state index contributed by atoms with van der Waals surface area (Å²) in [6.07, 6.45) is -11.6. The zero-order valence-electron chi connectivity index (χ0n) is 12.5. The largest absolute Gasteiger partial charge is 0.463 e. The molecule has 22 heavy (non-hydrogen) atoms. The first-order valence-corrected chi connectivity index (χ1v) is 5.84. The van der Waals surface area contributed by atoms with E-state index in [0.29, 0.717) is 0 Å². The maximum atomic E-state index is 11.2. The first kappa shape index (κ1) is 22.7. The minimum Gasteiger partial charge on any atom is -0.463 e. The van der Waals surface area contributed by atoms with Crippen LogP contribution < -0.4 is 0 Å². The van der Waals surface area contributed by atoms with Gasteiger partial charge in [-0.05, 0) is 34.6 Å². The molecule has 0 N–H and O–H groups in total. The third kappa shape index (κ3) is 9.35. The monoisotopic (exact) mass is 338 g/mol. The van der Waals surface area contributed by atoms with Gasteiger partial charge in [0.1, 0.15) is 0 Å². The summed E-state index contributed by atoms with van der Waals surface area (Å²) in [5.41, 5.74) is -0.371. The fourth-order valence-electron chi connectivity index (χ4n) is 0.648. The Labute approximate surface area is 122 Å². The van der Waals surface area contributed by atoms with Gasteiger partial charge in [0.05, 0.1) is 11.5 Å². The molecule has 0 spiro atoms. The van der Waals surface area contributed by atoms with E-state index in [1.165, 1.54) is 0 Å². The second-order valence-electron chi connectivity index (χ2n) is 5.36. The van der Waals surface area contributed by atoms with Crippen LogP contribution in [0.5, 0.6) is 0 Å². The highest BCUT2D eigenvalue weighted by Gasteiger charge is 2.54. The second kappa shape index (κ2) is 7.59. The van der Waals surface area contributed by atoms with Gasteiger partial charge in [0.15, 0.2) is 0 Å².